The number of nitrogens with two attached hydrogens (primary N) is 1. The molecule has 0 aliphatic heterocycles. The standard InChI is InChI=1S/C11H14N2O/c1-8-5-10(12)3-4-11(8)9(2)6-13-7-14/h3-7H,12H2,1-2H3,(H,13,14)/b9-6+. The van der Waals surface area contributed by atoms with Crippen molar-refractivity contribution in [3.63, 3.8) is 0 Å². The van der Waals surface area contributed by atoms with Gasteiger partial charge in [0.15, 0.2) is 0 Å². The summed E-state index contributed by atoms with van der Waals surface area (Å²) in [5.74, 6) is 0. The molecule has 0 heterocycles. The number of benzene rings is 1. The molecule has 74 valence electrons. The van der Waals surface area contributed by atoms with Gasteiger partial charge in [-0.2, -0.15) is 0 Å². The zero-order chi connectivity index (χ0) is 10.6. The van der Waals surface area contributed by atoms with E-state index >= 15 is 0 Å². The molecule has 0 unspecified atom stereocenters. The Labute approximate surface area is 83.6 Å². The van der Waals surface area contributed by atoms with E-state index in [0.29, 0.717) is 6.41 Å². The Morgan fingerprint density at radius 3 is 2.79 bits per heavy atom. The molecule has 0 bridgehead atoms. The minimum atomic E-state index is 0.649. The fourth-order valence-corrected chi connectivity index (χ4v) is 1.37. The quantitative estimate of drug-likeness (QED) is 0.563. The van der Waals surface area contributed by atoms with Crippen LogP contribution in [0, 0.1) is 6.92 Å². The first-order valence-corrected chi connectivity index (χ1v) is 4.38. The summed E-state index contributed by atoms with van der Waals surface area (Å²) in [6.45, 7) is 3.93. The maximum absolute atomic E-state index is 10.1. The van der Waals surface area contributed by atoms with Gasteiger partial charge in [-0.3, -0.25) is 4.79 Å². The Morgan fingerprint density at radius 2 is 2.21 bits per heavy atom. The van der Waals surface area contributed by atoms with Crippen molar-refractivity contribution in [3.8, 4) is 0 Å². The Kier molecular flexibility index (Phi) is 3.29. The van der Waals surface area contributed by atoms with Crippen molar-refractivity contribution < 1.29 is 4.79 Å². The first kappa shape index (κ1) is 10.3. The topological polar surface area (TPSA) is 55.1 Å². The Bertz CT molecular complexity index is 370. The maximum atomic E-state index is 10.1. The minimum absolute atomic E-state index is 0.649. The number of allylic oxidation sites excluding steroid dienone is 1. The van der Waals surface area contributed by atoms with Crippen LogP contribution in [0.2, 0.25) is 0 Å². The number of carbonyl (C=O) groups excluding carboxylic acids is 1. The van der Waals surface area contributed by atoms with Crippen LogP contribution in [0.1, 0.15) is 18.1 Å². The second kappa shape index (κ2) is 4.46. The first-order chi connectivity index (χ1) is 6.65. The molecule has 0 atom stereocenters. The summed E-state index contributed by atoms with van der Waals surface area (Å²) in [5, 5.41) is 2.51. The van der Waals surface area contributed by atoms with Crippen LogP contribution in [0.3, 0.4) is 0 Å². The molecule has 1 aromatic rings. The van der Waals surface area contributed by atoms with Crippen molar-refractivity contribution in [3.05, 3.63) is 35.5 Å². The molecule has 0 saturated carbocycles. The number of hydrogen-bond donors (Lipinski definition) is 2. The molecule has 0 aromatic heterocycles. The zero-order valence-electron chi connectivity index (χ0n) is 8.37. The Morgan fingerprint density at radius 1 is 1.50 bits per heavy atom. The van der Waals surface area contributed by atoms with E-state index in [9.17, 15) is 4.79 Å². The van der Waals surface area contributed by atoms with Crippen LogP contribution in [-0.2, 0) is 4.79 Å². The minimum Gasteiger partial charge on any atom is -0.399 e. The molecular weight excluding hydrogens is 176 g/mol. The van der Waals surface area contributed by atoms with E-state index in [2.05, 4.69) is 5.32 Å². The summed E-state index contributed by atoms with van der Waals surface area (Å²) in [4.78, 5) is 10.1. The second-order valence-corrected chi connectivity index (χ2v) is 3.19. The van der Waals surface area contributed by atoms with E-state index in [-0.39, 0.29) is 0 Å². The van der Waals surface area contributed by atoms with Gasteiger partial charge in [-0.25, -0.2) is 0 Å². The average Bonchev–Trinajstić information content (AvgIpc) is 2.14. The first-order valence-electron chi connectivity index (χ1n) is 4.38. The number of hydrogen-bond acceptors (Lipinski definition) is 2. The lowest BCUT2D eigenvalue weighted by atomic mass is 10.0. The van der Waals surface area contributed by atoms with Crippen molar-refractivity contribution in [2.75, 3.05) is 5.73 Å². The van der Waals surface area contributed by atoms with Gasteiger partial charge in [0, 0.05) is 11.9 Å². The predicted octanol–water partition coefficient (Wildman–Crippen LogP) is 1.68. The number of amides is 1. The smallest absolute Gasteiger partial charge is 0.211 e. The number of nitrogen functional groups attached to an aromatic ring is 1. The van der Waals surface area contributed by atoms with Gasteiger partial charge in [0.2, 0.25) is 6.41 Å². The summed E-state index contributed by atoms with van der Waals surface area (Å²) in [5.41, 5.74) is 9.59. The van der Waals surface area contributed by atoms with Crippen LogP contribution in [0.5, 0.6) is 0 Å². The van der Waals surface area contributed by atoms with Crippen molar-refractivity contribution in [1.29, 1.82) is 0 Å². The largest absolute Gasteiger partial charge is 0.399 e. The van der Waals surface area contributed by atoms with Gasteiger partial charge in [-0.05, 0) is 42.7 Å². The lowest BCUT2D eigenvalue weighted by Crippen LogP contribution is -2.01. The second-order valence-electron chi connectivity index (χ2n) is 3.19. The van der Waals surface area contributed by atoms with Gasteiger partial charge < -0.3 is 11.1 Å². The molecule has 0 aliphatic carbocycles. The fraction of sp³-hybridized carbons (Fsp3) is 0.182. The molecule has 0 spiro atoms. The third kappa shape index (κ3) is 2.36. The average molecular weight is 190 g/mol. The zero-order valence-corrected chi connectivity index (χ0v) is 8.37. The van der Waals surface area contributed by atoms with E-state index in [1.165, 1.54) is 0 Å². The molecule has 0 fully saturated rings. The molecule has 1 aromatic carbocycles. The van der Waals surface area contributed by atoms with E-state index in [1.54, 1.807) is 6.20 Å². The number of nitrogens with one attached hydrogen (secondary N) is 1. The van der Waals surface area contributed by atoms with Crippen LogP contribution >= 0.6 is 0 Å². The molecule has 14 heavy (non-hydrogen) atoms. The van der Waals surface area contributed by atoms with Gasteiger partial charge in [0.25, 0.3) is 0 Å². The molecule has 3 heteroatoms. The number of carbonyl (C=O) groups is 1. The lowest BCUT2D eigenvalue weighted by Gasteiger charge is -2.06. The summed E-state index contributed by atoms with van der Waals surface area (Å²) in [7, 11) is 0. The van der Waals surface area contributed by atoms with Crippen LogP contribution < -0.4 is 11.1 Å². The fourth-order valence-electron chi connectivity index (χ4n) is 1.37. The van der Waals surface area contributed by atoms with Gasteiger partial charge in [-0.1, -0.05) is 6.07 Å². The summed E-state index contributed by atoms with van der Waals surface area (Å²) < 4.78 is 0. The normalized spacial score (nSPS) is 11.1. The van der Waals surface area contributed by atoms with Crippen LogP contribution in [0.25, 0.3) is 5.57 Å². The van der Waals surface area contributed by atoms with E-state index in [1.807, 2.05) is 32.0 Å². The molecule has 1 rings (SSSR count). The summed E-state index contributed by atoms with van der Waals surface area (Å²) in [6.07, 6.45) is 2.32. The predicted molar refractivity (Wildman–Crippen MR) is 58.4 cm³/mol. The third-order valence-corrected chi connectivity index (χ3v) is 2.04. The van der Waals surface area contributed by atoms with Crippen molar-refractivity contribution in [2.24, 2.45) is 0 Å². The lowest BCUT2D eigenvalue weighted by molar-refractivity contribution is -0.108. The Balaban J connectivity index is 3.01. The molecule has 3 N–H and O–H groups in total. The molecule has 0 aliphatic rings. The highest BCUT2D eigenvalue weighted by molar-refractivity contribution is 5.69. The number of rotatable bonds is 3. The van der Waals surface area contributed by atoms with Crippen LogP contribution in [0.4, 0.5) is 5.69 Å². The summed E-state index contributed by atoms with van der Waals surface area (Å²) in [6, 6.07) is 5.71. The third-order valence-electron chi connectivity index (χ3n) is 2.04. The highest BCUT2D eigenvalue weighted by Crippen LogP contribution is 2.19. The van der Waals surface area contributed by atoms with Crippen LogP contribution in [0.15, 0.2) is 24.4 Å². The number of anilines is 1. The SMILES string of the molecule is C/C(=C\NC=O)c1ccc(N)cc1C. The summed E-state index contributed by atoms with van der Waals surface area (Å²) >= 11 is 0. The van der Waals surface area contributed by atoms with E-state index in [4.69, 9.17) is 5.73 Å². The van der Waals surface area contributed by atoms with E-state index < -0.39 is 0 Å². The molecule has 0 radical (unpaired) electrons. The van der Waals surface area contributed by atoms with Crippen molar-refractivity contribution in [1.82, 2.24) is 5.32 Å². The van der Waals surface area contributed by atoms with Gasteiger partial charge >= 0.3 is 0 Å². The monoisotopic (exact) mass is 190 g/mol. The maximum Gasteiger partial charge on any atom is 0.211 e. The highest BCUT2D eigenvalue weighted by Gasteiger charge is 1.99. The molecule has 3 nitrogen and oxygen atoms in total. The highest BCUT2D eigenvalue weighted by atomic mass is 16.1. The Hall–Kier alpha value is -1.77. The number of aryl methyl sites for hydroxylation is 1. The van der Waals surface area contributed by atoms with Gasteiger partial charge in [0.05, 0.1) is 0 Å². The molecular formula is C11H14N2O. The van der Waals surface area contributed by atoms with Gasteiger partial charge in [0.1, 0.15) is 0 Å². The van der Waals surface area contributed by atoms with Crippen molar-refractivity contribution in [2.45, 2.75) is 13.8 Å². The molecule has 0 saturated heterocycles. The van der Waals surface area contributed by atoms with Gasteiger partial charge in [-0.15, -0.1) is 0 Å². The van der Waals surface area contributed by atoms with Crippen molar-refractivity contribution >= 4 is 17.7 Å². The molecule has 1 amide bonds. The van der Waals surface area contributed by atoms with E-state index in [0.717, 1.165) is 22.4 Å². The van der Waals surface area contributed by atoms with Crippen LogP contribution in [-0.4, -0.2) is 6.41 Å².